The van der Waals surface area contributed by atoms with Gasteiger partial charge in [0.25, 0.3) is 0 Å². The summed E-state index contributed by atoms with van der Waals surface area (Å²) in [4.78, 5) is 47.8. The standard InChI is InChI=1S/C22H16BrCl2N5O5/c23-12-2-1-3-15(6-12)28-21(33)22(34)30-27-11-18-5-4-17(35-18)10-26-19(31)20(32)29-16-8-13(24)7-14(25)9-16/h1-9,11H,10H2,(H,26,31)(H,28,33)(H,29,32)(H,30,34)/b27-11+. The van der Waals surface area contributed by atoms with Crippen LogP contribution in [0.5, 0.6) is 0 Å². The summed E-state index contributed by atoms with van der Waals surface area (Å²) in [6.45, 7) is -0.0855. The number of rotatable bonds is 6. The second kappa shape index (κ2) is 12.2. The summed E-state index contributed by atoms with van der Waals surface area (Å²) in [6, 6.07) is 14.2. The Balaban J connectivity index is 1.44. The Labute approximate surface area is 217 Å². The molecule has 35 heavy (non-hydrogen) atoms. The largest absolute Gasteiger partial charge is 0.458 e. The Morgan fingerprint density at radius 3 is 2.26 bits per heavy atom. The van der Waals surface area contributed by atoms with Crippen LogP contribution < -0.4 is 21.4 Å². The number of halogens is 3. The Hall–Kier alpha value is -3.67. The van der Waals surface area contributed by atoms with Gasteiger partial charge >= 0.3 is 23.6 Å². The van der Waals surface area contributed by atoms with Crippen molar-refractivity contribution in [1.82, 2.24) is 10.7 Å². The van der Waals surface area contributed by atoms with Crippen LogP contribution in [0.25, 0.3) is 0 Å². The van der Waals surface area contributed by atoms with Crippen molar-refractivity contribution in [3.63, 3.8) is 0 Å². The van der Waals surface area contributed by atoms with Crippen LogP contribution in [0.2, 0.25) is 10.0 Å². The molecule has 1 aromatic heterocycles. The molecule has 0 bridgehead atoms. The van der Waals surface area contributed by atoms with E-state index in [2.05, 4.69) is 42.4 Å². The van der Waals surface area contributed by atoms with E-state index < -0.39 is 23.6 Å². The third-order valence-electron chi connectivity index (χ3n) is 4.08. The van der Waals surface area contributed by atoms with E-state index in [4.69, 9.17) is 27.6 Å². The van der Waals surface area contributed by atoms with E-state index in [1.807, 2.05) is 0 Å². The van der Waals surface area contributed by atoms with Gasteiger partial charge in [-0.05, 0) is 48.5 Å². The third kappa shape index (κ3) is 8.25. The number of carbonyl (C=O) groups is 4. The molecule has 3 aromatic rings. The number of benzene rings is 2. The third-order valence-corrected chi connectivity index (χ3v) is 5.01. The highest BCUT2D eigenvalue weighted by molar-refractivity contribution is 9.10. The number of hydrogen-bond donors (Lipinski definition) is 4. The van der Waals surface area contributed by atoms with E-state index in [9.17, 15) is 19.2 Å². The summed E-state index contributed by atoms with van der Waals surface area (Å²) < 4.78 is 6.17. The van der Waals surface area contributed by atoms with E-state index in [0.717, 1.165) is 4.47 Å². The first-order valence-electron chi connectivity index (χ1n) is 9.73. The molecule has 0 aliphatic rings. The highest BCUT2D eigenvalue weighted by Gasteiger charge is 2.15. The average molecular weight is 581 g/mol. The van der Waals surface area contributed by atoms with Gasteiger partial charge < -0.3 is 20.4 Å². The van der Waals surface area contributed by atoms with Crippen LogP contribution in [0.3, 0.4) is 0 Å². The van der Waals surface area contributed by atoms with Crippen LogP contribution in [0.15, 0.2) is 68.6 Å². The van der Waals surface area contributed by atoms with Gasteiger partial charge in [-0.1, -0.05) is 45.2 Å². The van der Waals surface area contributed by atoms with Gasteiger partial charge in [0.1, 0.15) is 11.5 Å². The topological polar surface area (TPSA) is 142 Å². The quantitative estimate of drug-likeness (QED) is 0.200. The maximum Gasteiger partial charge on any atom is 0.329 e. The molecule has 0 fully saturated rings. The zero-order valence-corrected chi connectivity index (χ0v) is 20.7. The van der Waals surface area contributed by atoms with Gasteiger partial charge in [-0.2, -0.15) is 5.10 Å². The minimum atomic E-state index is -0.979. The first-order chi connectivity index (χ1) is 16.7. The van der Waals surface area contributed by atoms with Gasteiger partial charge in [0.15, 0.2) is 0 Å². The minimum Gasteiger partial charge on any atom is -0.458 e. The molecule has 0 aliphatic heterocycles. The van der Waals surface area contributed by atoms with Crippen molar-refractivity contribution < 1.29 is 23.6 Å². The summed E-state index contributed by atoms with van der Waals surface area (Å²) in [5.41, 5.74) is 2.78. The van der Waals surface area contributed by atoms with E-state index in [1.54, 1.807) is 24.3 Å². The summed E-state index contributed by atoms with van der Waals surface area (Å²) in [7, 11) is 0. The molecule has 3 rings (SSSR count). The molecule has 4 amide bonds. The van der Waals surface area contributed by atoms with Crippen LogP contribution in [-0.4, -0.2) is 29.8 Å². The highest BCUT2D eigenvalue weighted by atomic mass is 79.9. The number of nitrogens with zero attached hydrogens (tertiary/aromatic N) is 1. The second-order valence-corrected chi connectivity index (χ2v) is 8.55. The first kappa shape index (κ1) is 25.9. The molecule has 2 aromatic carbocycles. The van der Waals surface area contributed by atoms with Gasteiger partial charge in [0, 0.05) is 25.9 Å². The first-order valence-corrected chi connectivity index (χ1v) is 11.3. The zero-order chi connectivity index (χ0) is 25.4. The van der Waals surface area contributed by atoms with E-state index >= 15 is 0 Å². The minimum absolute atomic E-state index is 0.0855. The molecule has 0 atom stereocenters. The molecule has 1 heterocycles. The zero-order valence-electron chi connectivity index (χ0n) is 17.6. The average Bonchev–Trinajstić information content (AvgIpc) is 3.24. The Kier molecular flexibility index (Phi) is 9.01. The molecule has 180 valence electrons. The van der Waals surface area contributed by atoms with Crippen molar-refractivity contribution in [2.45, 2.75) is 6.54 Å². The fraction of sp³-hybridized carbons (Fsp3) is 0.0455. The lowest BCUT2D eigenvalue weighted by Gasteiger charge is -2.06. The van der Waals surface area contributed by atoms with E-state index in [1.165, 1.54) is 36.5 Å². The van der Waals surface area contributed by atoms with Gasteiger partial charge in [-0.3, -0.25) is 19.2 Å². The fourth-order valence-corrected chi connectivity index (χ4v) is 3.51. The number of hydrazone groups is 1. The molecule has 13 heteroatoms. The molecule has 0 saturated heterocycles. The molecular formula is C22H16BrCl2N5O5. The number of nitrogens with one attached hydrogen (secondary N) is 4. The summed E-state index contributed by atoms with van der Waals surface area (Å²) in [5.74, 6) is -3.15. The number of furan rings is 1. The normalized spacial score (nSPS) is 10.6. The summed E-state index contributed by atoms with van der Waals surface area (Å²) >= 11 is 15.0. The second-order valence-electron chi connectivity index (χ2n) is 6.76. The van der Waals surface area contributed by atoms with Crippen LogP contribution in [0.4, 0.5) is 11.4 Å². The van der Waals surface area contributed by atoms with Crippen LogP contribution in [-0.2, 0) is 25.7 Å². The predicted molar refractivity (Wildman–Crippen MR) is 134 cm³/mol. The molecule has 10 nitrogen and oxygen atoms in total. The lowest BCUT2D eigenvalue weighted by atomic mass is 10.3. The summed E-state index contributed by atoms with van der Waals surface area (Å²) in [5, 5.41) is 11.5. The molecule has 0 radical (unpaired) electrons. The van der Waals surface area contributed by atoms with Gasteiger partial charge in [0.2, 0.25) is 0 Å². The smallest absolute Gasteiger partial charge is 0.329 e. The van der Waals surface area contributed by atoms with Crippen LogP contribution >= 0.6 is 39.1 Å². The number of hydrogen-bond acceptors (Lipinski definition) is 6. The number of anilines is 2. The maximum atomic E-state index is 12.0. The Morgan fingerprint density at radius 2 is 1.54 bits per heavy atom. The van der Waals surface area contributed by atoms with Crippen molar-refractivity contribution in [2.75, 3.05) is 10.6 Å². The molecule has 0 spiro atoms. The fourth-order valence-electron chi connectivity index (χ4n) is 2.58. The van der Waals surface area contributed by atoms with Crippen molar-refractivity contribution in [2.24, 2.45) is 5.10 Å². The summed E-state index contributed by atoms with van der Waals surface area (Å²) in [6.07, 6.45) is 1.17. The SMILES string of the molecule is O=C(NCc1ccc(/C=N/NC(=O)C(=O)Nc2cccc(Br)c2)o1)C(=O)Nc1cc(Cl)cc(Cl)c1. The van der Waals surface area contributed by atoms with E-state index in [-0.39, 0.29) is 18.0 Å². The van der Waals surface area contributed by atoms with Gasteiger partial charge in [-0.15, -0.1) is 0 Å². The van der Waals surface area contributed by atoms with Crippen molar-refractivity contribution in [3.8, 4) is 0 Å². The molecule has 0 saturated carbocycles. The highest BCUT2D eigenvalue weighted by Crippen LogP contribution is 2.22. The monoisotopic (exact) mass is 579 g/mol. The van der Waals surface area contributed by atoms with Crippen molar-refractivity contribution in [3.05, 3.63) is 80.6 Å². The number of amides is 4. The molecule has 0 aliphatic carbocycles. The Bertz CT molecular complexity index is 1290. The number of carbonyl (C=O) groups excluding carboxylic acids is 4. The van der Waals surface area contributed by atoms with E-state index in [0.29, 0.717) is 21.5 Å². The van der Waals surface area contributed by atoms with Crippen LogP contribution in [0, 0.1) is 0 Å². The van der Waals surface area contributed by atoms with Crippen molar-refractivity contribution >= 4 is 80.3 Å². The molecular weight excluding hydrogens is 565 g/mol. The van der Waals surface area contributed by atoms with Crippen LogP contribution in [0.1, 0.15) is 11.5 Å². The van der Waals surface area contributed by atoms with Gasteiger partial charge in [0.05, 0.1) is 12.8 Å². The maximum absolute atomic E-state index is 12.0. The van der Waals surface area contributed by atoms with Crippen molar-refractivity contribution in [1.29, 1.82) is 0 Å². The predicted octanol–water partition coefficient (Wildman–Crippen LogP) is 3.69. The molecule has 4 N–H and O–H groups in total. The Morgan fingerprint density at radius 1 is 0.857 bits per heavy atom. The molecule has 0 unspecified atom stereocenters. The van der Waals surface area contributed by atoms with Gasteiger partial charge in [-0.25, -0.2) is 5.43 Å². The lowest BCUT2D eigenvalue weighted by Crippen LogP contribution is -2.34. The lowest BCUT2D eigenvalue weighted by molar-refractivity contribution is -0.136.